The first kappa shape index (κ1) is 16.5. The number of aliphatic hydroxyl groups excluding tert-OH is 1. The van der Waals surface area contributed by atoms with E-state index in [2.05, 4.69) is 4.99 Å². The number of carbonyl (C=O) groups excluding carboxylic acids is 1. The van der Waals surface area contributed by atoms with Gasteiger partial charge < -0.3 is 14.7 Å². The van der Waals surface area contributed by atoms with Gasteiger partial charge in [-0.25, -0.2) is 4.99 Å². The molecule has 1 aliphatic rings. The summed E-state index contributed by atoms with van der Waals surface area (Å²) in [6, 6.07) is 8.67. The molecular weight excluding hydrogens is 280 g/mol. The van der Waals surface area contributed by atoms with E-state index >= 15 is 0 Å². The van der Waals surface area contributed by atoms with Gasteiger partial charge in [-0.1, -0.05) is 30.3 Å². The lowest BCUT2D eigenvalue weighted by Crippen LogP contribution is -2.55. The Bertz CT molecular complexity index is 542. The molecule has 1 N–H and O–H groups in total. The average Bonchev–Trinajstić information content (AvgIpc) is 2.50. The van der Waals surface area contributed by atoms with E-state index in [9.17, 15) is 9.90 Å². The summed E-state index contributed by atoms with van der Waals surface area (Å²) in [5.74, 6) is 0.345. The van der Waals surface area contributed by atoms with Crippen molar-refractivity contribution in [3.05, 3.63) is 35.9 Å². The summed E-state index contributed by atoms with van der Waals surface area (Å²) in [7, 11) is 0. The predicted molar refractivity (Wildman–Crippen MR) is 85.7 cm³/mol. The van der Waals surface area contributed by atoms with Gasteiger partial charge in [-0.15, -0.1) is 0 Å². The molecule has 1 heterocycles. The van der Waals surface area contributed by atoms with Crippen molar-refractivity contribution in [2.75, 3.05) is 6.61 Å². The minimum atomic E-state index is -0.846. The number of amides is 1. The number of carbonyl (C=O) groups is 1. The van der Waals surface area contributed by atoms with E-state index < -0.39 is 12.1 Å². The monoisotopic (exact) mass is 304 g/mol. The topological polar surface area (TPSA) is 62.1 Å². The van der Waals surface area contributed by atoms with Gasteiger partial charge in [0.2, 0.25) is 5.90 Å². The Morgan fingerprint density at radius 3 is 2.50 bits per heavy atom. The highest BCUT2D eigenvalue weighted by Gasteiger charge is 2.41. The quantitative estimate of drug-likeness (QED) is 0.927. The summed E-state index contributed by atoms with van der Waals surface area (Å²) >= 11 is 0. The molecule has 0 saturated heterocycles. The molecule has 0 fully saturated rings. The van der Waals surface area contributed by atoms with Crippen LogP contribution in [0.3, 0.4) is 0 Å². The van der Waals surface area contributed by atoms with Crippen LogP contribution in [0.2, 0.25) is 0 Å². The van der Waals surface area contributed by atoms with Crippen molar-refractivity contribution in [3.63, 3.8) is 0 Å². The summed E-state index contributed by atoms with van der Waals surface area (Å²) in [4.78, 5) is 18.8. The van der Waals surface area contributed by atoms with Crippen LogP contribution in [0.1, 0.15) is 39.3 Å². The Kier molecular flexibility index (Phi) is 5.19. The normalized spacial score (nSPS) is 24.7. The van der Waals surface area contributed by atoms with E-state index in [1.54, 1.807) is 11.8 Å². The fraction of sp³-hybridized carbons (Fsp3) is 0.529. The summed E-state index contributed by atoms with van der Waals surface area (Å²) in [5.41, 5.74) is 1.05. The Hall–Kier alpha value is -1.88. The van der Waals surface area contributed by atoms with E-state index in [-0.39, 0.29) is 18.0 Å². The van der Waals surface area contributed by atoms with E-state index in [0.717, 1.165) is 5.56 Å². The molecule has 1 aromatic carbocycles. The molecule has 1 aromatic rings. The number of rotatable bonds is 4. The molecule has 1 aliphatic heterocycles. The number of hydrogen-bond acceptors (Lipinski definition) is 4. The molecule has 0 bridgehead atoms. The van der Waals surface area contributed by atoms with Gasteiger partial charge in [-0.3, -0.25) is 4.79 Å². The van der Waals surface area contributed by atoms with Crippen molar-refractivity contribution in [3.8, 4) is 0 Å². The highest BCUT2D eigenvalue weighted by atomic mass is 16.5. The smallest absolute Gasteiger partial charge is 0.251 e. The molecule has 0 aromatic heterocycles. The van der Waals surface area contributed by atoms with Gasteiger partial charge in [0.25, 0.3) is 5.91 Å². The maximum atomic E-state index is 12.7. The Morgan fingerprint density at radius 1 is 1.32 bits per heavy atom. The Morgan fingerprint density at radius 2 is 1.95 bits per heavy atom. The van der Waals surface area contributed by atoms with Crippen LogP contribution >= 0.6 is 0 Å². The van der Waals surface area contributed by atoms with Gasteiger partial charge >= 0.3 is 0 Å². The molecular formula is C17H24N2O3. The third-order valence-corrected chi connectivity index (χ3v) is 4.00. The van der Waals surface area contributed by atoms with Crippen LogP contribution in [0.5, 0.6) is 0 Å². The highest BCUT2D eigenvalue weighted by molar-refractivity contribution is 5.95. The van der Waals surface area contributed by atoms with Crippen molar-refractivity contribution in [2.45, 2.75) is 51.9 Å². The maximum Gasteiger partial charge on any atom is 0.251 e. The number of benzene rings is 1. The lowest BCUT2D eigenvalue weighted by Gasteiger charge is -2.40. The first-order valence-electron chi connectivity index (χ1n) is 7.73. The first-order valence-corrected chi connectivity index (χ1v) is 7.73. The molecule has 5 heteroatoms. The number of nitrogens with zero attached hydrogens (tertiary/aromatic N) is 2. The molecule has 4 atom stereocenters. The van der Waals surface area contributed by atoms with Gasteiger partial charge in [0.1, 0.15) is 6.04 Å². The van der Waals surface area contributed by atoms with Crippen LogP contribution in [0, 0.1) is 0 Å². The minimum absolute atomic E-state index is 0.115. The second-order valence-electron chi connectivity index (χ2n) is 5.59. The molecule has 0 unspecified atom stereocenters. The van der Waals surface area contributed by atoms with Crippen LogP contribution in [0.15, 0.2) is 35.3 Å². The molecule has 0 radical (unpaired) electrons. The van der Waals surface area contributed by atoms with Crippen molar-refractivity contribution < 1.29 is 14.6 Å². The lowest BCUT2D eigenvalue weighted by atomic mass is 10.00. The van der Waals surface area contributed by atoms with Crippen LogP contribution in [-0.2, 0) is 9.53 Å². The van der Waals surface area contributed by atoms with E-state index in [1.165, 1.54) is 0 Å². The fourth-order valence-electron chi connectivity index (χ4n) is 2.80. The average molecular weight is 304 g/mol. The van der Waals surface area contributed by atoms with Crippen molar-refractivity contribution in [1.82, 2.24) is 4.90 Å². The van der Waals surface area contributed by atoms with Crippen molar-refractivity contribution >= 4 is 11.8 Å². The maximum absolute atomic E-state index is 12.7. The van der Waals surface area contributed by atoms with Crippen molar-refractivity contribution in [2.24, 2.45) is 4.99 Å². The number of hydrogen-bond donors (Lipinski definition) is 1. The SMILES string of the molecule is CCOC1=N[C@@H]([C@H](C)O)C(=O)N([C@@H](C)c2ccccc2)[C@@H]1C. The van der Waals surface area contributed by atoms with E-state index in [4.69, 9.17) is 4.74 Å². The van der Waals surface area contributed by atoms with Gasteiger partial charge in [0.15, 0.2) is 6.04 Å². The van der Waals surface area contributed by atoms with E-state index in [1.807, 2.05) is 51.1 Å². The lowest BCUT2D eigenvalue weighted by molar-refractivity contribution is -0.139. The molecule has 0 aliphatic carbocycles. The summed E-state index contributed by atoms with van der Waals surface area (Å²) in [5, 5.41) is 9.88. The number of aliphatic hydroxyl groups is 1. The summed E-state index contributed by atoms with van der Waals surface area (Å²) < 4.78 is 5.59. The summed E-state index contributed by atoms with van der Waals surface area (Å²) in [6.45, 7) is 7.84. The molecule has 120 valence electrons. The minimum Gasteiger partial charge on any atom is -0.480 e. The molecule has 0 spiro atoms. The molecule has 5 nitrogen and oxygen atoms in total. The van der Waals surface area contributed by atoms with Crippen LogP contribution in [0.4, 0.5) is 0 Å². The molecule has 1 amide bonds. The number of ether oxygens (including phenoxy) is 1. The summed E-state index contributed by atoms with van der Waals surface area (Å²) in [6.07, 6.45) is -0.846. The molecule has 2 rings (SSSR count). The Labute approximate surface area is 131 Å². The van der Waals surface area contributed by atoms with Gasteiger partial charge in [-0.05, 0) is 33.3 Å². The van der Waals surface area contributed by atoms with Gasteiger partial charge in [-0.2, -0.15) is 0 Å². The van der Waals surface area contributed by atoms with Gasteiger partial charge in [0, 0.05) is 0 Å². The molecule has 22 heavy (non-hydrogen) atoms. The zero-order valence-corrected chi connectivity index (χ0v) is 13.6. The number of aliphatic imine (C=N–C) groups is 1. The zero-order valence-electron chi connectivity index (χ0n) is 13.6. The van der Waals surface area contributed by atoms with Crippen molar-refractivity contribution in [1.29, 1.82) is 0 Å². The third-order valence-electron chi connectivity index (χ3n) is 4.00. The van der Waals surface area contributed by atoms with E-state index in [0.29, 0.717) is 12.5 Å². The standard InChI is InChI=1S/C17H24N2O3/c1-5-22-16-12(3)19(17(21)15(18-16)13(4)20)11(2)14-9-7-6-8-10-14/h6-13,15,20H,5H2,1-4H3/t11-,12+,13-,15-/m0/s1. The zero-order chi connectivity index (χ0) is 16.3. The van der Waals surface area contributed by atoms with Crippen LogP contribution < -0.4 is 0 Å². The molecule has 0 saturated carbocycles. The third kappa shape index (κ3) is 3.14. The second kappa shape index (κ2) is 6.92. The van der Waals surface area contributed by atoms with Crippen LogP contribution in [-0.4, -0.2) is 46.6 Å². The Balaban J connectivity index is 2.37. The van der Waals surface area contributed by atoms with Crippen LogP contribution in [0.25, 0.3) is 0 Å². The highest BCUT2D eigenvalue weighted by Crippen LogP contribution is 2.28. The fourth-order valence-corrected chi connectivity index (χ4v) is 2.80. The predicted octanol–water partition coefficient (Wildman–Crippen LogP) is 2.16. The largest absolute Gasteiger partial charge is 0.480 e. The second-order valence-corrected chi connectivity index (χ2v) is 5.59. The first-order chi connectivity index (χ1) is 10.5. The van der Waals surface area contributed by atoms with Gasteiger partial charge in [0.05, 0.1) is 18.8 Å².